The summed E-state index contributed by atoms with van der Waals surface area (Å²) >= 11 is 1.48. The SMILES string of the molecule is OCCCn1c(-c2cccs2)nc2cc(C(F)(F)F)ccc21. The number of aliphatic hydroxyl groups excluding tert-OH is 1. The molecule has 0 aliphatic heterocycles. The Hall–Kier alpha value is -1.86. The third-order valence-electron chi connectivity index (χ3n) is 3.36. The van der Waals surface area contributed by atoms with Crippen molar-refractivity contribution in [2.45, 2.75) is 19.1 Å². The maximum atomic E-state index is 12.8. The Morgan fingerprint density at radius 2 is 2.05 bits per heavy atom. The number of hydrogen-bond donors (Lipinski definition) is 1. The molecule has 3 nitrogen and oxygen atoms in total. The Morgan fingerprint density at radius 1 is 1.23 bits per heavy atom. The molecule has 2 heterocycles. The van der Waals surface area contributed by atoms with E-state index in [0.29, 0.717) is 29.8 Å². The number of thiophene rings is 1. The lowest BCUT2D eigenvalue weighted by Crippen LogP contribution is -2.05. The average molecular weight is 326 g/mol. The van der Waals surface area contributed by atoms with E-state index in [9.17, 15) is 13.2 Å². The lowest BCUT2D eigenvalue weighted by Gasteiger charge is -2.08. The van der Waals surface area contributed by atoms with Crippen LogP contribution in [0.25, 0.3) is 21.7 Å². The van der Waals surface area contributed by atoms with Crippen molar-refractivity contribution < 1.29 is 18.3 Å². The van der Waals surface area contributed by atoms with Gasteiger partial charge in [-0.25, -0.2) is 4.98 Å². The van der Waals surface area contributed by atoms with Gasteiger partial charge in [0, 0.05) is 13.2 Å². The summed E-state index contributed by atoms with van der Waals surface area (Å²) in [5.74, 6) is 0.637. The third-order valence-corrected chi connectivity index (χ3v) is 4.22. The van der Waals surface area contributed by atoms with E-state index in [1.807, 2.05) is 22.1 Å². The fourth-order valence-electron chi connectivity index (χ4n) is 2.36. The molecular weight excluding hydrogens is 313 g/mol. The molecule has 0 saturated heterocycles. The maximum Gasteiger partial charge on any atom is 0.416 e. The van der Waals surface area contributed by atoms with Crippen LogP contribution in [0.15, 0.2) is 35.7 Å². The molecule has 0 aliphatic carbocycles. The lowest BCUT2D eigenvalue weighted by atomic mass is 10.2. The number of rotatable bonds is 4. The second-order valence-corrected chi connectivity index (χ2v) is 5.79. The largest absolute Gasteiger partial charge is 0.416 e. The van der Waals surface area contributed by atoms with Gasteiger partial charge >= 0.3 is 6.18 Å². The highest BCUT2D eigenvalue weighted by Crippen LogP contribution is 2.34. The highest BCUT2D eigenvalue weighted by atomic mass is 32.1. The first-order chi connectivity index (χ1) is 10.5. The minimum Gasteiger partial charge on any atom is -0.396 e. The highest BCUT2D eigenvalue weighted by molar-refractivity contribution is 7.13. The molecule has 0 amide bonds. The summed E-state index contributed by atoms with van der Waals surface area (Å²) in [5.41, 5.74) is 0.255. The molecule has 1 aromatic carbocycles. The molecule has 0 aliphatic rings. The fraction of sp³-hybridized carbons (Fsp3) is 0.267. The average Bonchev–Trinajstić information content (AvgIpc) is 3.10. The van der Waals surface area contributed by atoms with E-state index < -0.39 is 11.7 Å². The lowest BCUT2D eigenvalue weighted by molar-refractivity contribution is -0.137. The molecule has 2 aromatic heterocycles. The van der Waals surface area contributed by atoms with Gasteiger partial charge in [-0.05, 0) is 36.1 Å². The van der Waals surface area contributed by atoms with Crippen LogP contribution in [0, 0.1) is 0 Å². The molecule has 116 valence electrons. The Balaban J connectivity index is 2.16. The van der Waals surface area contributed by atoms with Crippen LogP contribution in [0.5, 0.6) is 0 Å². The summed E-state index contributed by atoms with van der Waals surface area (Å²) < 4.78 is 40.4. The van der Waals surface area contributed by atoms with Gasteiger partial charge in [-0.1, -0.05) is 6.07 Å². The number of halogens is 3. The van der Waals surface area contributed by atoms with Crippen molar-refractivity contribution in [2.75, 3.05) is 6.61 Å². The summed E-state index contributed by atoms with van der Waals surface area (Å²) in [6.07, 6.45) is -3.86. The third kappa shape index (κ3) is 2.74. The topological polar surface area (TPSA) is 38.0 Å². The second kappa shape index (κ2) is 5.73. The van der Waals surface area contributed by atoms with Crippen molar-refractivity contribution in [3.8, 4) is 10.7 Å². The second-order valence-electron chi connectivity index (χ2n) is 4.84. The van der Waals surface area contributed by atoms with E-state index in [-0.39, 0.29) is 6.61 Å². The fourth-order valence-corrected chi connectivity index (χ4v) is 3.08. The molecule has 22 heavy (non-hydrogen) atoms. The first-order valence-corrected chi connectivity index (χ1v) is 7.61. The standard InChI is InChI=1S/C15H13F3N2OS/c16-15(17,18)10-4-5-12-11(9-10)19-14(13-3-1-8-22-13)20(12)6-2-7-21/h1,3-5,8-9,21H,2,6-7H2. The van der Waals surface area contributed by atoms with Crippen molar-refractivity contribution in [2.24, 2.45) is 0 Å². The molecule has 0 fully saturated rings. The summed E-state index contributed by atoms with van der Waals surface area (Å²) in [7, 11) is 0. The van der Waals surface area contributed by atoms with E-state index in [1.165, 1.54) is 17.4 Å². The Bertz CT molecular complexity index is 778. The number of aliphatic hydroxyl groups is 1. The molecule has 0 saturated carbocycles. The summed E-state index contributed by atoms with van der Waals surface area (Å²) in [5, 5.41) is 10.9. The Kier molecular flexibility index (Phi) is 3.92. The van der Waals surface area contributed by atoms with Crippen molar-refractivity contribution in [3.05, 3.63) is 41.3 Å². The number of hydrogen-bond acceptors (Lipinski definition) is 3. The molecule has 1 N–H and O–H groups in total. The van der Waals surface area contributed by atoms with Crippen LogP contribution in [0.4, 0.5) is 13.2 Å². The first kappa shape index (κ1) is 15.1. The predicted octanol–water partition coefficient (Wildman–Crippen LogP) is 4.17. The van der Waals surface area contributed by atoms with Crippen LogP contribution in [0.2, 0.25) is 0 Å². The quantitative estimate of drug-likeness (QED) is 0.781. The van der Waals surface area contributed by atoms with Crippen LogP contribution < -0.4 is 0 Å². The number of imidazole rings is 1. The van der Waals surface area contributed by atoms with E-state index in [1.54, 1.807) is 0 Å². The number of alkyl halides is 3. The number of fused-ring (bicyclic) bond motifs is 1. The number of benzene rings is 1. The molecule has 0 radical (unpaired) electrons. The number of aryl methyl sites for hydroxylation is 1. The molecule has 0 unspecified atom stereocenters. The number of nitrogens with zero attached hydrogens (tertiary/aromatic N) is 2. The minimum atomic E-state index is -4.38. The summed E-state index contributed by atoms with van der Waals surface area (Å²) in [4.78, 5) is 5.27. The van der Waals surface area contributed by atoms with Crippen LogP contribution in [0.3, 0.4) is 0 Å². The Labute approximate surface area is 128 Å². The van der Waals surface area contributed by atoms with Crippen LogP contribution >= 0.6 is 11.3 Å². The predicted molar refractivity (Wildman–Crippen MR) is 79.8 cm³/mol. The van der Waals surface area contributed by atoms with Crippen LogP contribution in [-0.2, 0) is 12.7 Å². The monoisotopic (exact) mass is 326 g/mol. The number of aromatic nitrogens is 2. The zero-order valence-electron chi connectivity index (χ0n) is 11.5. The Morgan fingerprint density at radius 3 is 2.68 bits per heavy atom. The zero-order chi connectivity index (χ0) is 15.7. The first-order valence-electron chi connectivity index (χ1n) is 6.73. The normalized spacial score (nSPS) is 12.2. The minimum absolute atomic E-state index is 0.0180. The van der Waals surface area contributed by atoms with Gasteiger partial charge in [0.2, 0.25) is 0 Å². The van der Waals surface area contributed by atoms with Gasteiger partial charge in [-0.3, -0.25) is 0 Å². The smallest absolute Gasteiger partial charge is 0.396 e. The maximum absolute atomic E-state index is 12.8. The van der Waals surface area contributed by atoms with Crippen molar-refractivity contribution in [1.82, 2.24) is 9.55 Å². The summed E-state index contributed by atoms with van der Waals surface area (Å²) in [6.45, 7) is 0.524. The zero-order valence-corrected chi connectivity index (χ0v) is 12.3. The van der Waals surface area contributed by atoms with Crippen molar-refractivity contribution in [3.63, 3.8) is 0 Å². The molecule has 3 aromatic rings. The van der Waals surface area contributed by atoms with E-state index in [4.69, 9.17) is 5.11 Å². The molecule has 0 atom stereocenters. The summed E-state index contributed by atoms with van der Waals surface area (Å²) in [6, 6.07) is 7.34. The van der Waals surface area contributed by atoms with Gasteiger partial charge in [-0.15, -0.1) is 11.3 Å². The van der Waals surface area contributed by atoms with E-state index in [2.05, 4.69) is 4.98 Å². The van der Waals surface area contributed by atoms with E-state index in [0.717, 1.165) is 17.0 Å². The van der Waals surface area contributed by atoms with Crippen molar-refractivity contribution in [1.29, 1.82) is 0 Å². The highest BCUT2D eigenvalue weighted by Gasteiger charge is 2.31. The van der Waals surface area contributed by atoms with Gasteiger partial charge < -0.3 is 9.67 Å². The van der Waals surface area contributed by atoms with Crippen molar-refractivity contribution >= 4 is 22.4 Å². The van der Waals surface area contributed by atoms with Crippen LogP contribution in [-0.4, -0.2) is 21.3 Å². The van der Waals surface area contributed by atoms with Gasteiger partial charge in [0.15, 0.2) is 5.82 Å². The van der Waals surface area contributed by atoms with Gasteiger partial charge in [0.05, 0.1) is 21.5 Å². The molecular formula is C15H13F3N2OS. The molecule has 0 bridgehead atoms. The van der Waals surface area contributed by atoms with Gasteiger partial charge in [0.1, 0.15) is 0 Å². The van der Waals surface area contributed by atoms with Gasteiger partial charge in [0.25, 0.3) is 0 Å². The van der Waals surface area contributed by atoms with E-state index >= 15 is 0 Å². The molecule has 3 rings (SSSR count). The van der Waals surface area contributed by atoms with Crippen LogP contribution in [0.1, 0.15) is 12.0 Å². The van der Waals surface area contributed by atoms with Gasteiger partial charge in [-0.2, -0.15) is 13.2 Å². The molecule has 7 heteroatoms. The molecule has 0 spiro atoms.